The Bertz CT molecular complexity index is 416. The highest BCUT2D eigenvalue weighted by molar-refractivity contribution is 5.87. The Morgan fingerprint density at radius 1 is 1.35 bits per heavy atom. The van der Waals surface area contributed by atoms with E-state index in [1.54, 1.807) is 20.1 Å². The van der Waals surface area contributed by atoms with Crippen LogP contribution in [0.15, 0.2) is 42.5 Å². The molecule has 90 valence electrons. The average Bonchev–Trinajstić information content (AvgIpc) is 2.34. The zero-order valence-corrected chi connectivity index (χ0v) is 10.1. The summed E-state index contributed by atoms with van der Waals surface area (Å²) in [5.41, 5.74) is 1.73. The van der Waals surface area contributed by atoms with Crippen molar-refractivity contribution in [1.82, 2.24) is 0 Å². The summed E-state index contributed by atoms with van der Waals surface area (Å²) in [5.74, 6) is 0.413. The van der Waals surface area contributed by atoms with Crippen molar-refractivity contribution < 1.29 is 14.3 Å². The lowest BCUT2D eigenvalue weighted by atomic mass is 10.2. The molecule has 1 rings (SSSR count). The van der Waals surface area contributed by atoms with Gasteiger partial charge in [-0.15, -0.1) is 0 Å². The second-order valence-corrected chi connectivity index (χ2v) is 3.67. The summed E-state index contributed by atoms with van der Waals surface area (Å²) < 4.78 is 9.95. The van der Waals surface area contributed by atoms with E-state index in [1.807, 2.05) is 24.3 Å². The third-order valence-electron chi connectivity index (χ3n) is 1.99. The van der Waals surface area contributed by atoms with Gasteiger partial charge in [-0.3, -0.25) is 0 Å². The zero-order chi connectivity index (χ0) is 12.7. The van der Waals surface area contributed by atoms with Gasteiger partial charge in [0, 0.05) is 6.08 Å². The van der Waals surface area contributed by atoms with Crippen molar-refractivity contribution in [3.63, 3.8) is 0 Å². The minimum absolute atomic E-state index is 0.256. The monoisotopic (exact) mass is 232 g/mol. The molecule has 0 atom stereocenters. The number of benzene rings is 1. The first-order valence-electron chi connectivity index (χ1n) is 5.25. The normalized spacial score (nSPS) is 10.2. The quantitative estimate of drug-likeness (QED) is 0.445. The molecule has 0 N–H and O–H groups in total. The molecule has 1 aromatic rings. The molecule has 0 fully saturated rings. The van der Waals surface area contributed by atoms with Gasteiger partial charge in [0.2, 0.25) is 0 Å². The number of esters is 1. The lowest BCUT2D eigenvalue weighted by Gasteiger charge is -2.00. The van der Waals surface area contributed by atoms with Crippen molar-refractivity contribution in [3.05, 3.63) is 48.1 Å². The lowest BCUT2D eigenvalue weighted by molar-refractivity contribution is -0.136. The van der Waals surface area contributed by atoms with Gasteiger partial charge in [0.15, 0.2) is 0 Å². The van der Waals surface area contributed by atoms with E-state index in [4.69, 9.17) is 9.47 Å². The van der Waals surface area contributed by atoms with Crippen LogP contribution in [0.5, 0.6) is 5.75 Å². The molecule has 0 aliphatic carbocycles. The number of methoxy groups -OCH3 is 1. The van der Waals surface area contributed by atoms with Gasteiger partial charge in [-0.25, -0.2) is 4.79 Å². The third-order valence-corrected chi connectivity index (χ3v) is 1.99. The first-order valence-corrected chi connectivity index (χ1v) is 5.25. The number of rotatable bonds is 5. The molecular formula is C14H16O3. The Labute approximate surface area is 101 Å². The van der Waals surface area contributed by atoms with E-state index < -0.39 is 0 Å². The van der Waals surface area contributed by atoms with Crippen LogP contribution in [0.1, 0.15) is 12.5 Å². The maximum atomic E-state index is 11.3. The van der Waals surface area contributed by atoms with Gasteiger partial charge >= 0.3 is 5.97 Å². The molecule has 0 radical (unpaired) electrons. The van der Waals surface area contributed by atoms with Crippen molar-refractivity contribution in [3.8, 4) is 5.75 Å². The van der Waals surface area contributed by atoms with E-state index in [9.17, 15) is 4.79 Å². The maximum Gasteiger partial charge on any atom is 0.331 e. The molecule has 0 aliphatic heterocycles. The van der Waals surface area contributed by atoms with Crippen LogP contribution in [-0.4, -0.2) is 19.7 Å². The Balaban J connectivity index is 2.51. The number of hydrogen-bond acceptors (Lipinski definition) is 3. The summed E-state index contributed by atoms with van der Waals surface area (Å²) in [5, 5.41) is 0. The van der Waals surface area contributed by atoms with Crippen molar-refractivity contribution in [2.75, 3.05) is 13.7 Å². The Morgan fingerprint density at radius 3 is 2.53 bits per heavy atom. The minimum Gasteiger partial charge on any atom is -0.497 e. The topological polar surface area (TPSA) is 35.5 Å². The van der Waals surface area contributed by atoms with Gasteiger partial charge in [-0.2, -0.15) is 0 Å². The molecule has 0 saturated carbocycles. The molecule has 0 aliphatic rings. The molecule has 0 heterocycles. The van der Waals surface area contributed by atoms with E-state index in [0.29, 0.717) is 0 Å². The fourth-order valence-electron chi connectivity index (χ4n) is 1.12. The highest BCUT2D eigenvalue weighted by Gasteiger charge is 1.96. The van der Waals surface area contributed by atoms with Crippen LogP contribution in [0.2, 0.25) is 0 Å². The maximum absolute atomic E-state index is 11.3. The van der Waals surface area contributed by atoms with Crippen LogP contribution in [0.3, 0.4) is 0 Å². The molecule has 1 aromatic carbocycles. The molecule has 0 amide bonds. The van der Waals surface area contributed by atoms with Crippen LogP contribution in [0.25, 0.3) is 6.08 Å². The Morgan fingerprint density at radius 2 is 2.00 bits per heavy atom. The summed E-state index contributed by atoms with van der Waals surface area (Å²) in [7, 11) is 1.61. The molecule has 17 heavy (non-hydrogen) atoms. The largest absolute Gasteiger partial charge is 0.497 e. The predicted octanol–water partition coefficient (Wildman–Crippen LogP) is 2.83. The van der Waals surface area contributed by atoms with E-state index in [2.05, 4.69) is 6.58 Å². The molecule has 0 unspecified atom stereocenters. The second-order valence-electron chi connectivity index (χ2n) is 3.67. The SMILES string of the molecule is C=C(C)COC(=O)C=Cc1ccc(OC)cc1. The van der Waals surface area contributed by atoms with Crippen LogP contribution in [0.4, 0.5) is 0 Å². The minimum atomic E-state index is -0.371. The average molecular weight is 232 g/mol. The van der Waals surface area contributed by atoms with Crippen LogP contribution in [-0.2, 0) is 9.53 Å². The van der Waals surface area contributed by atoms with Gasteiger partial charge in [0.25, 0.3) is 0 Å². The number of ether oxygens (including phenoxy) is 2. The van der Waals surface area contributed by atoms with Crippen LogP contribution < -0.4 is 4.74 Å². The first-order chi connectivity index (χ1) is 8.11. The third kappa shape index (κ3) is 5.02. The highest BCUT2D eigenvalue weighted by Crippen LogP contribution is 2.12. The van der Waals surface area contributed by atoms with Crippen LogP contribution >= 0.6 is 0 Å². The van der Waals surface area contributed by atoms with Crippen molar-refractivity contribution in [2.24, 2.45) is 0 Å². The molecule has 0 saturated heterocycles. The summed E-state index contributed by atoms with van der Waals surface area (Å²) in [6.45, 7) is 5.71. The zero-order valence-electron chi connectivity index (χ0n) is 10.1. The Kier molecular flexibility index (Phi) is 5.01. The fraction of sp³-hybridized carbons (Fsp3) is 0.214. The highest BCUT2D eigenvalue weighted by atomic mass is 16.5. The first kappa shape index (κ1) is 13.0. The van der Waals surface area contributed by atoms with E-state index >= 15 is 0 Å². The number of carbonyl (C=O) groups excluding carboxylic acids is 1. The van der Waals surface area contributed by atoms with Gasteiger partial charge in [-0.1, -0.05) is 18.7 Å². The van der Waals surface area contributed by atoms with E-state index in [1.165, 1.54) is 6.08 Å². The van der Waals surface area contributed by atoms with Crippen molar-refractivity contribution in [1.29, 1.82) is 0 Å². The number of carbonyl (C=O) groups is 1. The van der Waals surface area contributed by atoms with Crippen molar-refractivity contribution in [2.45, 2.75) is 6.92 Å². The molecule has 3 nitrogen and oxygen atoms in total. The van der Waals surface area contributed by atoms with Crippen molar-refractivity contribution >= 4 is 12.0 Å². The number of hydrogen-bond donors (Lipinski definition) is 0. The fourth-order valence-corrected chi connectivity index (χ4v) is 1.12. The van der Waals surface area contributed by atoms with E-state index in [0.717, 1.165) is 16.9 Å². The molecule has 0 spiro atoms. The molecule has 0 bridgehead atoms. The smallest absolute Gasteiger partial charge is 0.331 e. The van der Waals surface area contributed by atoms with Gasteiger partial charge < -0.3 is 9.47 Å². The summed E-state index contributed by atoms with van der Waals surface area (Å²) >= 11 is 0. The molecule has 3 heteroatoms. The van der Waals surface area contributed by atoms with E-state index in [-0.39, 0.29) is 12.6 Å². The van der Waals surface area contributed by atoms with Crippen LogP contribution in [0, 0.1) is 0 Å². The Hall–Kier alpha value is -2.03. The summed E-state index contributed by atoms with van der Waals surface area (Å²) in [4.78, 5) is 11.3. The standard InChI is InChI=1S/C14H16O3/c1-11(2)10-17-14(15)9-6-12-4-7-13(16-3)8-5-12/h4-9H,1,10H2,2-3H3. The summed E-state index contributed by atoms with van der Waals surface area (Å²) in [6.07, 6.45) is 3.09. The second kappa shape index (κ2) is 6.53. The lowest BCUT2D eigenvalue weighted by Crippen LogP contribution is -2.02. The van der Waals surface area contributed by atoms with Gasteiger partial charge in [0.1, 0.15) is 12.4 Å². The van der Waals surface area contributed by atoms with Gasteiger partial charge in [-0.05, 0) is 36.3 Å². The molecule has 0 aromatic heterocycles. The summed E-state index contributed by atoms with van der Waals surface area (Å²) in [6, 6.07) is 7.39. The predicted molar refractivity (Wildman–Crippen MR) is 67.8 cm³/mol. The van der Waals surface area contributed by atoms with Gasteiger partial charge in [0.05, 0.1) is 7.11 Å². The molecular weight excluding hydrogens is 216 g/mol.